The predicted molar refractivity (Wildman–Crippen MR) is 84.8 cm³/mol. The van der Waals surface area contributed by atoms with E-state index in [1.54, 1.807) is 0 Å². The molecule has 1 aliphatic carbocycles. The van der Waals surface area contributed by atoms with Crippen LogP contribution < -0.4 is 0 Å². The maximum absolute atomic E-state index is 12.5. The van der Waals surface area contributed by atoms with Crippen LogP contribution in [0.3, 0.4) is 0 Å². The molecule has 1 rings (SSSR count). The van der Waals surface area contributed by atoms with Gasteiger partial charge < -0.3 is 19.7 Å². The zero-order chi connectivity index (χ0) is 18.4. The van der Waals surface area contributed by atoms with Crippen molar-refractivity contribution >= 4 is 17.7 Å². The fourth-order valence-electron chi connectivity index (χ4n) is 2.65. The number of aliphatic hydroxyl groups excluding tert-OH is 2. The molecule has 0 amide bonds. The minimum Gasteiger partial charge on any atom is -0.458 e. The monoisotopic (exact) mass is 340 g/mol. The normalized spacial score (nSPS) is 24.6. The molecule has 1 aliphatic rings. The van der Waals surface area contributed by atoms with Gasteiger partial charge in [0.2, 0.25) is 5.78 Å². The van der Waals surface area contributed by atoms with Gasteiger partial charge in [0.05, 0.1) is 13.2 Å². The first-order valence-corrected chi connectivity index (χ1v) is 7.74. The summed E-state index contributed by atoms with van der Waals surface area (Å²) in [5.41, 5.74) is 0.205. The Balaban J connectivity index is 3.20. The second kappa shape index (κ2) is 8.75. The first-order chi connectivity index (χ1) is 11.2. The highest BCUT2D eigenvalue weighted by Gasteiger charge is 2.44. The summed E-state index contributed by atoms with van der Waals surface area (Å²) < 4.78 is 10.6. The minimum absolute atomic E-state index is 0.0414. The van der Waals surface area contributed by atoms with Crippen LogP contribution in [0.4, 0.5) is 0 Å². The van der Waals surface area contributed by atoms with E-state index in [2.05, 4.69) is 0 Å². The van der Waals surface area contributed by atoms with E-state index in [0.29, 0.717) is 0 Å². The topological polar surface area (TPSA) is 110 Å². The molecule has 3 unspecified atom stereocenters. The Kier molecular flexibility index (Phi) is 7.31. The van der Waals surface area contributed by atoms with Gasteiger partial charge in [-0.3, -0.25) is 9.59 Å². The number of ether oxygens (including phenoxy) is 2. The average molecular weight is 340 g/mol. The fraction of sp³-hybridized carbons (Fsp3) is 0.588. The summed E-state index contributed by atoms with van der Waals surface area (Å²) in [6, 6.07) is 0. The molecule has 24 heavy (non-hydrogen) atoms. The highest BCUT2D eigenvalue weighted by Crippen LogP contribution is 2.32. The van der Waals surface area contributed by atoms with Gasteiger partial charge in [0.1, 0.15) is 6.10 Å². The van der Waals surface area contributed by atoms with Crippen molar-refractivity contribution in [2.24, 2.45) is 11.8 Å². The molecular weight excluding hydrogens is 316 g/mol. The second-order valence-electron chi connectivity index (χ2n) is 6.01. The fourth-order valence-corrected chi connectivity index (χ4v) is 2.65. The van der Waals surface area contributed by atoms with Crippen LogP contribution in [0.25, 0.3) is 0 Å². The summed E-state index contributed by atoms with van der Waals surface area (Å²) in [5, 5.41) is 18.2. The van der Waals surface area contributed by atoms with E-state index < -0.39 is 42.5 Å². The van der Waals surface area contributed by atoms with Crippen LogP contribution in [-0.4, -0.2) is 53.4 Å². The SMILES string of the molecule is CC(=O)OC1C=C(CO)C(=O)C(OC(=O)C(C)=CCO)C1C(C)C. The molecule has 7 nitrogen and oxygen atoms in total. The van der Waals surface area contributed by atoms with Crippen molar-refractivity contribution in [1.29, 1.82) is 0 Å². The lowest BCUT2D eigenvalue weighted by Crippen LogP contribution is -2.48. The number of Topliss-reactive ketones (excluding diaryl/α,β-unsaturated/α-hetero) is 1. The second-order valence-corrected chi connectivity index (χ2v) is 6.01. The molecule has 0 spiro atoms. The third-order valence-corrected chi connectivity index (χ3v) is 3.86. The van der Waals surface area contributed by atoms with Gasteiger partial charge in [-0.15, -0.1) is 0 Å². The quantitative estimate of drug-likeness (QED) is 0.536. The van der Waals surface area contributed by atoms with Crippen LogP contribution in [0.1, 0.15) is 27.7 Å². The third kappa shape index (κ3) is 4.75. The van der Waals surface area contributed by atoms with Crippen molar-refractivity contribution in [3.8, 4) is 0 Å². The first kappa shape index (κ1) is 20.1. The molecule has 0 saturated carbocycles. The number of carbonyl (C=O) groups excluding carboxylic acids is 3. The summed E-state index contributed by atoms with van der Waals surface area (Å²) in [4.78, 5) is 35.9. The zero-order valence-electron chi connectivity index (χ0n) is 14.3. The minimum atomic E-state index is -1.17. The lowest BCUT2D eigenvalue weighted by Gasteiger charge is -2.37. The summed E-state index contributed by atoms with van der Waals surface area (Å²) in [5.74, 6) is -2.48. The molecule has 2 N–H and O–H groups in total. The van der Waals surface area contributed by atoms with E-state index in [4.69, 9.17) is 14.6 Å². The van der Waals surface area contributed by atoms with E-state index in [1.807, 2.05) is 13.8 Å². The summed E-state index contributed by atoms with van der Waals surface area (Å²) >= 11 is 0. The Hall–Kier alpha value is -1.99. The molecule has 0 bridgehead atoms. The molecule has 3 atom stereocenters. The number of ketones is 1. The van der Waals surface area contributed by atoms with Gasteiger partial charge in [-0.05, 0) is 25.0 Å². The summed E-state index contributed by atoms with van der Waals surface area (Å²) in [7, 11) is 0. The largest absolute Gasteiger partial charge is 0.458 e. The number of aliphatic hydroxyl groups is 2. The number of hydrogen-bond acceptors (Lipinski definition) is 7. The van der Waals surface area contributed by atoms with E-state index in [0.717, 1.165) is 0 Å². The van der Waals surface area contributed by atoms with Gasteiger partial charge in [-0.25, -0.2) is 4.79 Å². The van der Waals surface area contributed by atoms with Crippen molar-refractivity contribution in [2.45, 2.75) is 39.9 Å². The Morgan fingerprint density at radius 2 is 1.88 bits per heavy atom. The molecule has 0 aromatic rings. The van der Waals surface area contributed by atoms with Gasteiger partial charge in [-0.1, -0.05) is 13.8 Å². The molecular formula is C17H24O7. The maximum atomic E-state index is 12.5. The Morgan fingerprint density at radius 1 is 1.25 bits per heavy atom. The molecule has 0 aromatic heterocycles. The maximum Gasteiger partial charge on any atom is 0.334 e. The van der Waals surface area contributed by atoms with Crippen LogP contribution >= 0.6 is 0 Å². The van der Waals surface area contributed by atoms with Crippen molar-refractivity contribution < 1.29 is 34.1 Å². The summed E-state index contributed by atoms with van der Waals surface area (Å²) in [6.07, 6.45) is 0.736. The number of hydrogen-bond donors (Lipinski definition) is 2. The molecule has 0 aromatic carbocycles. The lowest BCUT2D eigenvalue weighted by molar-refractivity contribution is -0.164. The highest BCUT2D eigenvalue weighted by atomic mass is 16.6. The van der Waals surface area contributed by atoms with Crippen LogP contribution in [-0.2, 0) is 23.9 Å². The van der Waals surface area contributed by atoms with Crippen molar-refractivity contribution in [1.82, 2.24) is 0 Å². The molecule has 7 heteroatoms. The molecule has 134 valence electrons. The first-order valence-electron chi connectivity index (χ1n) is 7.74. The van der Waals surface area contributed by atoms with Crippen LogP contribution in [0.15, 0.2) is 23.3 Å². The Morgan fingerprint density at radius 3 is 2.33 bits per heavy atom. The molecule has 0 radical (unpaired) electrons. The Labute approximate surface area is 140 Å². The van der Waals surface area contributed by atoms with Gasteiger partial charge in [-0.2, -0.15) is 0 Å². The molecule has 0 fully saturated rings. The number of carbonyl (C=O) groups is 3. The van der Waals surface area contributed by atoms with Crippen molar-refractivity contribution in [3.63, 3.8) is 0 Å². The predicted octanol–water partition coefficient (Wildman–Crippen LogP) is 0.542. The van der Waals surface area contributed by atoms with Crippen LogP contribution in [0, 0.1) is 11.8 Å². The molecule has 0 heterocycles. The van der Waals surface area contributed by atoms with Crippen molar-refractivity contribution in [2.75, 3.05) is 13.2 Å². The van der Waals surface area contributed by atoms with Crippen molar-refractivity contribution in [3.05, 3.63) is 23.3 Å². The molecule has 0 saturated heterocycles. The van der Waals surface area contributed by atoms with Crippen LogP contribution in [0.2, 0.25) is 0 Å². The van der Waals surface area contributed by atoms with Gasteiger partial charge in [0, 0.05) is 24.0 Å². The van der Waals surface area contributed by atoms with E-state index >= 15 is 0 Å². The zero-order valence-corrected chi connectivity index (χ0v) is 14.3. The average Bonchev–Trinajstić information content (AvgIpc) is 2.49. The van der Waals surface area contributed by atoms with E-state index in [1.165, 1.54) is 26.0 Å². The van der Waals surface area contributed by atoms with Gasteiger partial charge in [0.15, 0.2) is 6.10 Å². The van der Waals surface area contributed by atoms with Crippen LogP contribution in [0.5, 0.6) is 0 Å². The Bertz CT molecular complexity index is 559. The molecule has 0 aliphatic heterocycles. The van der Waals surface area contributed by atoms with E-state index in [9.17, 15) is 19.5 Å². The summed E-state index contributed by atoms with van der Waals surface area (Å²) in [6.45, 7) is 5.48. The van der Waals surface area contributed by atoms with Gasteiger partial charge in [0.25, 0.3) is 0 Å². The number of esters is 2. The van der Waals surface area contributed by atoms with E-state index in [-0.39, 0.29) is 23.7 Å². The smallest absolute Gasteiger partial charge is 0.334 e. The third-order valence-electron chi connectivity index (χ3n) is 3.86. The lowest BCUT2D eigenvalue weighted by atomic mass is 9.77. The highest BCUT2D eigenvalue weighted by molar-refractivity contribution is 6.02. The van der Waals surface area contributed by atoms with Gasteiger partial charge >= 0.3 is 11.9 Å². The standard InChI is InChI=1S/C17H24O7/c1-9(2)14-13(23-11(4)20)7-12(8-19)15(21)16(14)24-17(22)10(3)5-6-18/h5,7,9,13-14,16,18-19H,6,8H2,1-4H3. The number of rotatable bonds is 6.